The molecule has 2 N–H and O–H groups in total. The standard InChI is InChI=1S/C17H26N4O2/c1-20-6-8-21(9-7-20)12-16(22)13-10-15(18-11-13)17(23)19-14-4-2-3-5-14/h10-11,14,18H,2-9,12H2,1H3,(H,19,23). The van der Waals surface area contributed by atoms with Gasteiger partial charge in [0, 0.05) is 44.0 Å². The molecule has 2 heterocycles. The summed E-state index contributed by atoms with van der Waals surface area (Å²) in [6, 6.07) is 1.97. The fourth-order valence-electron chi connectivity index (χ4n) is 3.32. The molecule has 0 aromatic carbocycles. The van der Waals surface area contributed by atoms with Crippen molar-refractivity contribution in [2.45, 2.75) is 31.7 Å². The van der Waals surface area contributed by atoms with E-state index in [2.05, 4.69) is 27.1 Å². The van der Waals surface area contributed by atoms with Gasteiger partial charge in [-0.05, 0) is 26.0 Å². The number of likely N-dealkylation sites (N-methyl/N-ethyl adjacent to an activating group) is 1. The van der Waals surface area contributed by atoms with Crippen molar-refractivity contribution >= 4 is 11.7 Å². The summed E-state index contributed by atoms with van der Waals surface area (Å²) in [6.45, 7) is 4.25. The second kappa shape index (κ2) is 7.27. The van der Waals surface area contributed by atoms with E-state index in [1.807, 2.05) is 0 Å². The third kappa shape index (κ3) is 4.20. The van der Waals surface area contributed by atoms with Crippen LogP contribution in [-0.4, -0.2) is 72.3 Å². The molecule has 1 saturated carbocycles. The number of aromatic nitrogens is 1. The highest BCUT2D eigenvalue weighted by molar-refractivity contribution is 6.01. The summed E-state index contributed by atoms with van der Waals surface area (Å²) >= 11 is 0. The van der Waals surface area contributed by atoms with Gasteiger partial charge in [-0.3, -0.25) is 14.5 Å². The predicted molar refractivity (Wildman–Crippen MR) is 88.8 cm³/mol. The van der Waals surface area contributed by atoms with Crippen molar-refractivity contribution < 1.29 is 9.59 Å². The van der Waals surface area contributed by atoms with Crippen molar-refractivity contribution in [1.29, 1.82) is 0 Å². The highest BCUT2D eigenvalue weighted by Gasteiger charge is 2.21. The number of amides is 1. The fourth-order valence-corrected chi connectivity index (χ4v) is 3.32. The maximum absolute atomic E-state index is 12.4. The predicted octanol–water partition coefficient (Wildman–Crippen LogP) is 1.12. The molecule has 1 saturated heterocycles. The Morgan fingerprint density at radius 1 is 1.22 bits per heavy atom. The largest absolute Gasteiger partial charge is 0.356 e. The van der Waals surface area contributed by atoms with Crippen LogP contribution in [0.2, 0.25) is 0 Å². The van der Waals surface area contributed by atoms with Crippen LogP contribution in [-0.2, 0) is 0 Å². The molecule has 6 heteroatoms. The molecule has 1 aromatic heterocycles. The van der Waals surface area contributed by atoms with E-state index in [-0.39, 0.29) is 17.7 Å². The van der Waals surface area contributed by atoms with E-state index in [1.54, 1.807) is 12.3 Å². The quantitative estimate of drug-likeness (QED) is 0.798. The molecule has 0 radical (unpaired) electrons. The topological polar surface area (TPSA) is 68.4 Å². The van der Waals surface area contributed by atoms with Gasteiger partial charge in [-0.25, -0.2) is 0 Å². The fraction of sp³-hybridized carbons (Fsp3) is 0.647. The molecule has 126 valence electrons. The number of Topliss-reactive ketones (excluding diaryl/α,β-unsaturated/α-hetero) is 1. The minimum Gasteiger partial charge on any atom is -0.356 e. The SMILES string of the molecule is CN1CCN(CC(=O)c2c[nH]c(C(=O)NC3CCCC3)c2)CC1. The van der Waals surface area contributed by atoms with Gasteiger partial charge in [0.2, 0.25) is 0 Å². The second-order valence-electron chi connectivity index (χ2n) is 6.76. The van der Waals surface area contributed by atoms with Crippen LogP contribution in [0, 0.1) is 0 Å². The van der Waals surface area contributed by atoms with Crippen molar-refractivity contribution in [3.8, 4) is 0 Å². The molecule has 0 bridgehead atoms. The van der Waals surface area contributed by atoms with Crippen LogP contribution in [0.5, 0.6) is 0 Å². The molecule has 2 fully saturated rings. The number of carbonyl (C=O) groups is 2. The molecular formula is C17H26N4O2. The number of hydrogen-bond acceptors (Lipinski definition) is 4. The van der Waals surface area contributed by atoms with Gasteiger partial charge < -0.3 is 15.2 Å². The van der Waals surface area contributed by atoms with E-state index in [4.69, 9.17) is 0 Å². The van der Waals surface area contributed by atoms with Crippen LogP contribution >= 0.6 is 0 Å². The summed E-state index contributed by atoms with van der Waals surface area (Å²) < 4.78 is 0. The number of aromatic amines is 1. The third-order valence-electron chi connectivity index (χ3n) is 4.90. The van der Waals surface area contributed by atoms with Gasteiger partial charge in [0.15, 0.2) is 5.78 Å². The molecule has 23 heavy (non-hydrogen) atoms. The van der Waals surface area contributed by atoms with E-state index >= 15 is 0 Å². The molecule has 2 aliphatic rings. The summed E-state index contributed by atoms with van der Waals surface area (Å²) in [5.74, 6) is -0.0266. The Morgan fingerprint density at radius 2 is 1.91 bits per heavy atom. The van der Waals surface area contributed by atoms with Crippen LogP contribution < -0.4 is 5.32 Å². The maximum atomic E-state index is 12.4. The number of hydrogen-bond donors (Lipinski definition) is 2. The van der Waals surface area contributed by atoms with Gasteiger partial charge in [0.05, 0.1) is 6.54 Å². The smallest absolute Gasteiger partial charge is 0.267 e. The normalized spacial score (nSPS) is 20.7. The van der Waals surface area contributed by atoms with Gasteiger partial charge >= 0.3 is 0 Å². The first-order valence-electron chi connectivity index (χ1n) is 8.55. The number of rotatable bonds is 5. The van der Waals surface area contributed by atoms with Crippen LogP contribution in [0.3, 0.4) is 0 Å². The highest BCUT2D eigenvalue weighted by atomic mass is 16.2. The van der Waals surface area contributed by atoms with E-state index in [9.17, 15) is 9.59 Å². The number of piperazine rings is 1. The lowest BCUT2D eigenvalue weighted by atomic mass is 10.2. The zero-order chi connectivity index (χ0) is 16.2. The molecule has 1 aromatic rings. The van der Waals surface area contributed by atoms with Crippen molar-refractivity contribution in [2.24, 2.45) is 0 Å². The van der Waals surface area contributed by atoms with Crippen molar-refractivity contribution in [2.75, 3.05) is 39.8 Å². The van der Waals surface area contributed by atoms with E-state index in [1.165, 1.54) is 12.8 Å². The number of ketones is 1. The van der Waals surface area contributed by atoms with Gasteiger partial charge in [-0.15, -0.1) is 0 Å². The molecule has 0 atom stereocenters. The van der Waals surface area contributed by atoms with E-state index < -0.39 is 0 Å². The minimum atomic E-state index is -0.101. The molecule has 0 spiro atoms. The monoisotopic (exact) mass is 318 g/mol. The minimum absolute atomic E-state index is 0.0747. The number of H-pyrrole nitrogens is 1. The van der Waals surface area contributed by atoms with Crippen molar-refractivity contribution in [1.82, 2.24) is 20.1 Å². The van der Waals surface area contributed by atoms with Crippen molar-refractivity contribution in [3.05, 3.63) is 23.5 Å². The Hall–Kier alpha value is -1.66. The van der Waals surface area contributed by atoms with Crippen LogP contribution in [0.1, 0.15) is 46.5 Å². The summed E-state index contributed by atoms with van der Waals surface area (Å²) in [5, 5.41) is 3.04. The Kier molecular flexibility index (Phi) is 5.13. The zero-order valence-electron chi connectivity index (χ0n) is 13.8. The summed E-state index contributed by atoms with van der Waals surface area (Å²) in [6.07, 6.45) is 6.14. The summed E-state index contributed by atoms with van der Waals surface area (Å²) in [5.41, 5.74) is 1.08. The molecule has 1 aliphatic carbocycles. The van der Waals surface area contributed by atoms with Gasteiger partial charge in [0.1, 0.15) is 5.69 Å². The summed E-state index contributed by atoms with van der Waals surface area (Å²) in [4.78, 5) is 31.9. The molecule has 0 unspecified atom stereocenters. The number of nitrogens with one attached hydrogen (secondary N) is 2. The lowest BCUT2D eigenvalue weighted by molar-refractivity contribution is 0.0876. The second-order valence-corrected chi connectivity index (χ2v) is 6.76. The first-order valence-corrected chi connectivity index (χ1v) is 8.55. The molecule has 1 amide bonds. The Morgan fingerprint density at radius 3 is 2.61 bits per heavy atom. The van der Waals surface area contributed by atoms with Crippen LogP contribution in [0.15, 0.2) is 12.3 Å². The Labute approximate surface area is 137 Å². The lowest BCUT2D eigenvalue weighted by Gasteiger charge is -2.31. The van der Waals surface area contributed by atoms with Crippen molar-refractivity contribution in [3.63, 3.8) is 0 Å². The number of carbonyl (C=O) groups excluding carboxylic acids is 2. The van der Waals surface area contributed by atoms with Gasteiger partial charge in [-0.1, -0.05) is 12.8 Å². The highest BCUT2D eigenvalue weighted by Crippen LogP contribution is 2.18. The Balaban J connectivity index is 1.53. The third-order valence-corrected chi connectivity index (χ3v) is 4.90. The lowest BCUT2D eigenvalue weighted by Crippen LogP contribution is -2.46. The van der Waals surface area contributed by atoms with Gasteiger partial charge in [-0.2, -0.15) is 0 Å². The van der Waals surface area contributed by atoms with Crippen LogP contribution in [0.4, 0.5) is 0 Å². The molecule has 6 nitrogen and oxygen atoms in total. The molecular weight excluding hydrogens is 292 g/mol. The van der Waals surface area contributed by atoms with Crippen LogP contribution in [0.25, 0.3) is 0 Å². The summed E-state index contributed by atoms with van der Waals surface area (Å²) in [7, 11) is 2.10. The van der Waals surface area contributed by atoms with E-state index in [0.717, 1.165) is 39.0 Å². The van der Waals surface area contributed by atoms with Gasteiger partial charge in [0.25, 0.3) is 5.91 Å². The van der Waals surface area contributed by atoms with E-state index in [0.29, 0.717) is 17.8 Å². The number of nitrogens with zero attached hydrogens (tertiary/aromatic N) is 2. The maximum Gasteiger partial charge on any atom is 0.267 e. The first-order chi connectivity index (χ1) is 11.1. The first kappa shape index (κ1) is 16.2. The Bertz CT molecular complexity index is 555. The average Bonchev–Trinajstić information content (AvgIpc) is 3.20. The zero-order valence-corrected chi connectivity index (χ0v) is 13.8. The molecule has 1 aliphatic heterocycles. The molecule has 3 rings (SSSR count). The average molecular weight is 318 g/mol.